The Kier molecular flexibility index (Phi) is 17.7. The van der Waals surface area contributed by atoms with E-state index in [1.807, 2.05) is 13.8 Å². The fraction of sp³-hybridized carbons (Fsp3) is 0.364. The summed E-state index contributed by atoms with van der Waals surface area (Å²) in [6.07, 6.45) is -1.93. The number of hydrogen-bond donors (Lipinski definition) is 2. The van der Waals surface area contributed by atoms with Crippen LogP contribution >= 0.6 is 0 Å². The van der Waals surface area contributed by atoms with Gasteiger partial charge in [0.15, 0.2) is 0 Å². The van der Waals surface area contributed by atoms with Gasteiger partial charge in [0.05, 0.1) is 0 Å². The second-order valence-corrected chi connectivity index (χ2v) is 4.56. The Morgan fingerprint density at radius 2 is 1.90 bits per heavy atom. The van der Waals surface area contributed by atoms with Crippen molar-refractivity contribution in [2.45, 2.75) is 25.7 Å². The van der Waals surface area contributed by atoms with Gasteiger partial charge in [-0.05, 0) is 5.75 Å². The van der Waals surface area contributed by atoms with Crippen LogP contribution in [0.3, 0.4) is 0 Å². The van der Waals surface area contributed by atoms with Crippen LogP contribution in [-0.2, 0) is 64.6 Å². The Balaban J connectivity index is -0.000000689. The van der Waals surface area contributed by atoms with E-state index in [0.717, 1.165) is 0 Å². The van der Waals surface area contributed by atoms with Crippen LogP contribution in [-0.4, -0.2) is 27.1 Å². The zero-order valence-electron chi connectivity index (χ0n) is 11.4. The summed E-state index contributed by atoms with van der Waals surface area (Å²) in [5.41, 5.74) is 0.682. The predicted octanol–water partition coefficient (Wildman–Crippen LogP) is 1.03. The van der Waals surface area contributed by atoms with Crippen LogP contribution in [0.4, 0.5) is 8.78 Å². The van der Waals surface area contributed by atoms with Crippen molar-refractivity contribution in [3.8, 4) is 0 Å². The molecule has 0 saturated carbocycles. The molecule has 0 fully saturated rings. The second-order valence-electron chi connectivity index (χ2n) is 3.14. The van der Waals surface area contributed by atoms with Gasteiger partial charge in [-0.1, -0.05) is 25.7 Å². The minimum Gasteiger partial charge on any atom is -0.424 e. The molecule has 20 heavy (non-hydrogen) atoms. The molecule has 9 heteroatoms. The van der Waals surface area contributed by atoms with E-state index in [2.05, 4.69) is 6.07 Å². The first-order valence-corrected chi connectivity index (χ1v) is 6.67. The molecular formula is C11H15BF2O3SWY-2. The Morgan fingerprint density at radius 1 is 1.40 bits per heavy atom. The maximum absolute atomic E-state index is 11.9. The molecule has 0 spiro atoms. The van der Waals surface area contributed by atoms with Gasteiger partial charge in [0.1, 0.15) is 0 Å². The van der Waals surface area contributed by atoms with Gasteiger partial charge in [-0.3, -0.25) is 4.21 Å². The van der Waals surface area contributed by atoms with Gasteiger partial charge in [-0.25, -0.2) is 0 Å². The van der Waals surface area contributed by atoms with E-state index in [1.54, 1.807) is 6.92 Å². The zero-order valence-corrected chi connectivity index (χ0v) is 18.0. The fourth-order valence-corrected chi connectivity index (χ4v) is 1.95. The summed E-state index contributed by atoms with van der Waals surface area (Å²) in [7, 11) is -3.63. The third-order valence-electron chi connectivity index (χ3n) is 1.94. The molecule has 0 saturated heterocycles. The first-order valence-electron chi connectivity index (χ1n) is 5.35. The smallest absolute Gasteiger partial charge is 0.424 e. The maximum atomic E-state index is 11.9. The van der Waals surface area contributed by atoms with Crippen molar-refractivity contribution in [3.05, 3.63) is 30.2 Å². The maximum Gasteiger partial charge on any atom is 0.462 e. The summed E-state index contributed by atoms with van der Waals surface area (Å²) in [5.74, 6) is -0.861. The van der Waals surface area contributed by atoms with Crippen molar-refractivity contribution in [2.75, 3.05) is 5.75 Å². The van der Waals surface area contributed by atoms with Crippen molar-refractivity contribution in [3.63, 3.8) is 0 Å². The molecular weight excluding hydrogens is 534 g/mol. The van der Waals surface area contributed by atoms with Gasteiger partial charge in [0.2, 0.25) is 0 Å². The Labute approximate surface area is 160 Å². The molecule has 0 aliphatic rings. The van der Waals surface area contributed by atoms with Crippen LogP contribution in [0.15, 0.2) is 17.0 Å². The minimum absolute atomic E-state index is 0. The van der Waals surface area contributed by atoms with Crippen LogP contribution in [0.2, 0.25) is 0 Å². The van der Waals surface area contributed by atoms with Crippen molar-refractivity contribution in [2.24, 2.45) is 0 Å². The van der Waals surface area contributed by atoms with Crippen LogP contribution < -0.4 is 5.46 Å². The molecule has 111 valence electrons. The normalized spacial score (nSPS) is 10.6. The van der Waals surface area contributed by atoms with Gasteiger partial charge in [0.25, 0.3) is 0 Å². The van der Waals surface area contributed by atoms with Crippen LogP contribution in [0, 0.1) is 19.4 Å². The molecule has 0 aliphatic heterocycles. The first-order chi connectivity index (χ1) is 8.41. The Morgan fingerprint density at radius 3 is 2.30 bits per heavy atom. The molecule has 1 radical (unpaired) electrons. The molecule has 0 bridgehead atoms. The van der Waals surface area contributed by atoms with Crippen molar-refractivity contribution in [1.29, 1.82) is 0 Å². The van der Waals surface area contributed by atoms with Gasteiger partial charge in [0, 0.05) is 71.0 Å². The van der Waals surface area contributed by atoms with Crippen LogP contribution in [0.5, 0.6) is 0 Å². The quantitative estimate of drug-likeness (QED) is 0.437. The molecule has 1 unspecified atom stereocenters. The standard InChI is InChI=1S/C9H9BF2O3S.C2H6.W.Y/c1-6-2-3-7(4-8(6)10(13)14)16(15)5-9(11)12;1-2;;/h2,4,13-14H,5H2,1H3;1-2H3;;/q-2;;;. The van der Waals surface area contributed by atoms with E-state index in [0.29, 0.717) is 5.56 Å². The van der Waals surface area contributed by atoms with E-state index in [1.165, 1.54) is 12.1 Å². The van der Waals surface area contributed by atoms with E-state index in [-0.39, 0.29) is 64.1 Å². The monoisotopic (exact) mass is 549 g/mol. The molecule has 3 nitrogen and oxygen atoms in total. The minimum atomic E-state index is -1.93. The topological polar surface area (TPSA) is 57.5 Å². The molecule has 0 amide bonds. The number of rotatable bonds is 4. The zero-order chi connectivity index (χ0) is 14.3. The number of halogens is 2. The van der Waals surface area contributed by atoms with Crippen LogP contribution in [0.25, 0.3) is 0 Å². The largest absolute Gasteiger partial charge is 0.462 e. The van der Waals surface area contributed by atoms with Gasteiger partial charge >= 0.3 is 7.12 Å². The van der Waals surface area contributed by atoms with Crippen molar-refractivity contribution < 1.29 is 76.8 Å². The predicted molar refractivity (Wildman–Crippen MR) is 67.9 cm³/mol. The summed E-state index contributed by atoms with van der Waals surface area (Å²) in [6, 6.07) is 5.16. The Hall–Kier alpha value is 1.01. The molecule has 0 aliphatic carbocycles. The first kappa shape index (κ1) is 25.9. The Bertz CT molecular complexity index is 411. The summed E-state index contributed by atoms with van der Waals surface area (Å²) < 4.78 is 35.2. The number of hydrogen-bond acceptors (Lipinski definition) is 3. The summed E-state index contributed by atoms with van der Waals surface area (Å²) in [5, 5.41) is 18.0. The third-order valence-corrected chi connectivity index (χ3v) is 3.14. The molecule has 1 atom stereocenters. The summed E-state index contributed by atoms with van der Waals surface area (Å²) in [4.78, 5) is 0.0292. The van der Waals surface area contributed by atoms with Gasteiger partial charge in [-0.2, -0.15) is 23.8 Å². The van der Waals surface area contributed by atoms with E-state index in [4.69, 9.17) is 10.0 Å². The van der Waals surface area contributed by atoms with E-state index >= 15 is 0 Å². The molecule has 1 aromatic rings. The average Bonchev–Trinajstić information content (AvgIpc) is 2.30. The SMILES string of the molecule is CC.Cc1c[c-]c(S(=O)C[C-](F)F)cc1B(O)O.[W].[Y]. The van der Waals surface area contributed by atoms with Crippen molar-refractivity contribution >= 4 is 23.4 Å². The second kappa shape index (κ2) is 13.7. The van der Waals surface area contributed by atoms with Gasteiger partial charge < -0.3 is 18.8 Å². The molecule has 0 aromatic heterocycles. The van der Waals surface area contributed by atoms with Crippen LogP contribution in [0.1, 0.15) is 19.4 Å². The number of aryl methyl sites for hydroxylation is 1. The van der Waals surface area contributed by atoms with Crippen molar-refractivity contribution in [1.82, 2.24) is 0 Å². The molecule has 1 rings (SSSR count). The molecule has 2 N–H and O–H groups in total. The average molecular weight is 549 g/mol. The van der Waals surface area contributed by atoms with E-state index < -0.39 is 30.1 Å². The third kappa shape index (κ3) is 9.11. The summed E-state index contributed by atoms with van der Waals surface area (Å²) in [6.45, 7) is 5.61. The van der Waals surface area contributed by atoms with E-state index in [9.17, 15) is 13.0 Å². The van der Waals surface area contributed by atoms with Gasteiger partial charge in [-0.15, -0.1) is 5.46 Å². The number of benzene rings is 1. The molecule has 0 heterocycles. The summed E-state index contributed by atoms with van der Waals surface area (Å²) >= 11 is 0. The fourth-order valence-electron chi connectivity index (χ4n) is 1.15. The molecule has 1 aromatic carbocycles.